The van der Waals surface area contributed by atoms with Gasteiger partial charge >= 0.3 is 0 Å². The lowest BCUT2D eigenvalue weighted by Crippen LogP contribution is -1.92. The van der Waals surface area contributed by atoms with Crippen molar-refractivity contribution in [3.63, 3.8) is 0 Å². The van der Waals surface area contributed by atoms with Gasteiger partial charge < -0.3 is 0 Å². The molecular formula is C13H9FNO2S. The molecule has 0 unspecified atom stereocenters. The van der Waals surface area contributed by atoms with Crippen LogP contribution in [-0.2, 0) is 0 Å². The zero-order chi connectivity index (χ0) is 13.1. The Labute approximate surface area is 108 Å². The number of hydrogen-bond donors (Lipinski definition) is 0. The molecule has 91 valence electrons. The van der Waals surface area contributed by atoms with Crippen molar-refractivity contribution in [2.45, 2.75) is 9.79 Å². The number of rotatable bonds is 3. The van der Waals surface area contributed by atoms with E-state index in [1.54, 1.807) is 0 Å². The molecule has 0 saturated carbocycles. The van der Waals surface area contributed by atoms with Crippen LogP contribution in [0.4, 0.5) is 10.1 Å². The molecule has 0 aliphatic carbocycles. The second kappa shape index (κ2) is 5.18. The molecule has 5 heteroatoms. The molecule has 0 spiro atoms. The van der Waals surface area contributed by atoms with Crippen LogP contribution in [0.3, 0.4) is 0 Å². The van der Waals surface area contributed by atoms with Crippen LogP contribution in [0.1, 0.15) is 5.56 Å². The fourth-order valence-electron chi connectivity index (χ4n) is 1.44. The number of benzene rings is 2. The van der Waals surface area contributed by atoms with Crippen molar-refractivity contribution in [3.8, 4) is 0 Å². The molecule has 0 N–H and O–H groups in total. The molecule has 2 aromatic rings. The Morgan fingerprint density at radius 2 is 1.89 bits per heavy atom. The fraction of sp³-hybridized carbons (Fsp3) is 0. The quantitative estimate of drug-likeness (QED) is 0.618. The van der Waals surface area contributed by atoms with E-state index in [4.69, 9.17) is 0 Å². The zero-order valence-corrected chi connectivity index (χ0v) is 10.1. The third kappa shape index (κ3) is 2.68. The lowest BCUT2D eigenvalue weighted by Gasteiger charge is -2.05. The van der Waals surface area contributed by atoms with Gasteiger partial charge in [0.25, 0.3) is 5.69 Å². The summed E-state index contributed by atoms with van der Waals surface area (Å²) in [6.45, 7) is 3.84. The molecule has 0 heterocycles. The summed E-state index contributed by atoms with van der Waals surface area (Å²) in [5.41, 5.74) is 0.546. The van der Waals surface area contributed by atoms with E-state index in [1.165, 1.54) is 23.9 Å². The van der Waals surface area contributed by atoms with Crippen molar-refractivity contribution in [1.29, 1.82) is 0 Å². The third-order valence-corrected chi connectivity index (χ3v) is 3.49. The molecule has 3 nitrogen and oxygen atoms in total. The fourth-order valence-corrected chi connectivity index (χ4v) is 2.40. The average Bonchev–Trinajstić information content (AvgIpc) is 2.34. The molecule has 2 aromatic carbocycles. The minimum atomic E-state index is -0.617. The Balaban J connectivity index is 2.41. The van der Waals surface area contributed by atoms with Gasteiger partial charge in [-0.1, -0.05) is 30.0 Å². The molecule has 1 radical (unpaired) electrons. The summed E-state index contributed by atoms with van der Waals surface area (Å²) in [6, 6.07) is 10.8. The van der Waals surface area contributed by atoms with Gasteiger partial charge in [-0.2, -0.15) is 0 Å². The molecule has 0 amide bonds. The van der Waals surface area contributed by atoms with Gasteiger partial charge in [-0.05, 0) is 30.7 Å². The SMILES string of the molecule is [CH2]c1ccccc1Sc1ccc(F)cc1[N+](=O)[O-]. The van der Waals surface area contributed by atoms with Gasteiger partial charge in [-0.25, -0.2) is 4.39 Å². The van der Waals surface area contributed by atoms with Crippen LogP contribution in [0.2, 0.25) is 0 Å². The summed E-state index contributed by atoms with van der Waals surface area (Å²) in [6.07, 6.45) is 0. The first-order valence-electron chi connectivity index (χ1n) is 5.10. The number of nitro benzene ring substituents is 1. The highest BCUT2D eigenvalue weighted by Gasteiger charge is 2.16. The lowest BCUT2D eigenvalue weighted by atomic mass is 10.2. The van der Waals surface area contributed by atoms with Gasteiger partial charge in [0.05, 0.1) is 15.9 Å². The number of halogens is 1. The number of nitro groups is 1. The van der Waals surface area contributed by atoms with E-state index in [0.29, 0.717) is 4.90 Å². The summed E-state index contributed by atoms with van der Waals surface area (Å²) < 4.78 is 13.0. The van der Waals surface area contributed by atoms with Crippen molar-refractivity contribution >= 4 is 17.4 Å². The monoisotopic (exact) mass is 262 g/mol. The number of nitrogens with zero attached hydrogens (tertiary/aromatic N) is 1. The average molecular weight is 262 g/mol. The first kappa shape index (κ1) is 12.6. The molecule has 0 fully saturated rings. The Morgan fingerprint density at radius 1 is 1.17 bits per heavy atom. The predicted molar refractivity (Wildman–Crippen MR) is 68.1 cm³/mol. The third-order valence-electron chi connectivity index (χ3n) is 2.31. The van der Waals surface area contributed by atoms with E-state index in [9.17, 15) is 14.5 Å². The predicted octanol–water partition coefficient (Wildman–Crippen LogP) is 4.07. The molecule has 0 atom stereocenters. The van der Waals surface area contributed by atoms with Gasteiger partial charge in [0.1, 0.15) is 5.82 Å². The second-order valence-corrected chi connectivity index (χ2v) is 4.66. The Morgan fingerprint density at radius 3 is 2.56 bits per heavy atom. The smallest absolute Gasteiger partial charge is 0.258 e. The highest BCUT2D eigenvalue weighted by Crippen LogP contribution is 2.36. The van der Waals surface area contributed by atoms with Crippen molar-refractivity contribution in [1.82, 2.24) is 0 Å². The summed E-state index contributed by atoms with van der Waals surface area (Å²) in [4.78, 5) is 11.5. The van der Waals surface area contributed by atoms with Crippen LogP contribution in [0, 0.1) is 22.9 Å². The molecule has 2 rings (SSSR count). The van der Waals surface area contributed by atoms with Crippen LogP contribution in [0.15, 0.2) is 52.3 Å². The Bertz CT molecular complexity index is 601. The molecule has 0 saturated heterocycles. The van der Waals surface area contributed by atoms with Crippen LogP contribution in [0.25, 0.3) is 0 Å². The maximum Gasteiger partial charge on any atom is 0.286 e. The molecule has 0 aromatic heterocycles. The minimum absolute atomic E-state index is 0.233. The van der Waals surface area contributed by atoms with Crippen molar-refractivity contribution < 1.29 is 9.31 Å². The largest absolute Gasteiger partial charge is 0.286 e. The van der Waals surface area contributed by atoms with E-state index in [1.807, 2.05) is 24.3 Å². The summed E-state index contributed by atoms with van der Waals surface area (Å²) in [5.74, 6) is -0.617. The zero-order valence-electron chi connectivity index (χ0n) is 9.30. The summed E-state index contributed by atoms with van der Waals surface area (Å²) >= 11 is 1.21. The second-order valence-electron chi connectivity index (χ2n) is 3.58. The van der Waals surface area contributed by atoms with Crippen LogP contribution >= 0.6 is 11.8 Å². The van der Waals surface area contributed by atoms with E-state index in [2.05, 4.69) is 6.92 Å². The van der Waals surface area contributed by atoms with Crippen LogP contribution in [-0.4, -0.2) is 4.92 Å². The van der Waals surface area contributed by atoms with Gasteiger partial charge in [0.15, 0.2) is 0 Å². The summed E-state index contributed by atoms with van der Waals surface area (Å²) in [5, 5.41) is 10.9. The first-order valence-corrected chi connectivity index (χ1v) is 5.92. The highest BCUT2D eigenvalue weighted by atomic mass is 32.2. The normalized spacial score (nSPS) is 10.3. The maximum absolute atomic E-state index is 13.0. The molecular weight excluding hydrogens is 253 g/mol. The molecule has 0 bridgehead atoms. The van der Waals surface area contributed by atoms with Gasteiger partial charge in [0, 0.05) is 4.90 Å². The van der Waals surface area contributed by atoms with Gasteiger partial charge in [0.2, 0.25) is 0 Å². The number of hydrogen-bond acceptors (Lipinski definition) is 3. The molecule has 18 heavy (non-hydrogen) atoms. The van der Waals surface area contributed by atoms with Crippen LogP contribution < -0.4 is 0 Å². The molecule has 0 aliphatic heterocycles. The van der Waals surface area contributed by atoms with E-state index < -0.39 is 10.7 Å². The minimum Gasteiger partial charge on any atom is -0.258 e. The Kier molecular flexibility index (Phi) is 3.62. The lowest BCUT2D eigenvalue weighted by molar-refractivity contribution is -0.387. The van der Waals surface area contributed by atoms with Crippen molar-refractivity contribution in [2.75, 3.05) is 0 Å². The highest BCUT2D eigenvalue weighted by molar-refractivity contribution is 7.99. The van der Waals surface area contributed by atoms with Gasteiger partial charge in [-0.3, -0.25) is 10.1 Å². The Hall–Kier alpha value is -1.88. The van der Waals surface area contributed by atoms with E-state index in [0.717, 1.165) is 16.5 Å². The standard InChI is InChI=1S/C13H9FNO2S/c1-9-4-2-3-5-12(9)18-13-7-6-10(14)8-11(13)15(16)17/h2-8H,1H2. The topological polar surface area (TPSA) is 43.1 Å². The summed E-state index contributed by atoms with van der Waals surface area (Å²) in [7, 11) is 0. The van der Waals surface area contributed by atoms with Crippen molar-refractivity contribution in [2.24, 2.45) is 0 Å². The van der Waals surface area contributed by atoms with E-state index >= 15 is 0 Å². The first-order chi connectivity index (χ1) is 8.58. The van der Waals surface area contributed by atoms with Crippen LogP contribution in [0.5, 0.6) is 0 Å². The van der Waals surface area contributed by atoms with Crippen molar-refractivity contribution in [3.05, 3.63) is 70.9 Å². The maximum atomic E-state index is 13.0. The van der Waals surface area contributed by atoms with E-state index in [-0.39, 0.29) is 5.69 Å². The molecule has 0 aliphatic rings. The van der Waals surface area contributed by atoms with Gasteiger partial charge in [-0.15, -0.1) is 0 Å².